The maximum Gasteiger partial charge on any atom is 5.00 e. The Morgan fingerprint density at radius 1 is 0.155 bits per heavy atom. The summed E-state index contributed by atoms with van der Waals surface area (Å²) in [6.07, 6.45) is 0. The zero-order valence-electron chi connectivity index (χ0n) is 25.1. The van der Waals surface area contributed by atoms with Crippen LogP contribution >= 0.6 is 0 Å². The zero-order chi connectivity index (χ0) is 46.5. The molecule has 0 spiro atoms. The van der Waals surface area contributed by atoms with Crippen LogP contribution in [0, 0.1) is 0 Å². The summed E-state index contributed by atoms with van der Waals surface area (Å²) in [4.78, 5) is 0. The molecule has 0 aliphatic heterocycles. The van der Waals surface area contributed by atoms with E-state index >= 15 is 0 Å². The van der Waals surface area contributed by atoms with E-state index in [-0.39, 0.29) is 142 Å². The Bertz CT molecular complexity index is 667. The van der Waals surface area contributed by atoms with E-state index in [1.165, 1.54) is 0 Å². The topological polar surface area (TPSA) is 821 Å². The van der Waals surface area contributed by atoms with E-state index in [9.17, 15) is 0 Å². The second-order valence-corrected chi connectivity index (χ2v) is 13.4. The average Bonchev–Trinajstić information content (AvgIpc) is 2.67. The molecule has 0 rings (SSSR count). The van der Waals surface area contributed by atoms with E-state index in [4.69, 9.17) is 139 Å². The second kappa shape index (κ2) is 122. The van der Waals surface area contributed by atoms with Crippen molar-refractivity contribution in [3.05, 3.63) is 0 Å². The maximum atomic E-state index is 8.58. The molecule has 316 valence electrons. The summed E-state index contributed by atoms with van der Waals surface area (Å²) in [5.41, 5.74) is 0. The molecule has 0 fully saturated rings. The van der Waals surface area contributed by atoms with E-state index < -0.39 is 242 Å². The molecule has 0 unspecified atom stereocenters. The summed E-state index contributed by atoms with van der Waals surface area (Å²) in [6.45, 7) is 0. The molecule has 58 heteroatoms. The van der Waals surface area contributed by atoms with Crippen molar-refractivity contribution in [3.63, 3.8) is 0 Å². The van der Waals surface area contributed by atoms with Gasteiger partial charge in [0, 0.05) is 0 Å². The molecular weight excluding hydrogens is 2210 g/mol. The fraction of sp³-hybridized carbons (Fsp3) is 0. The Balaban J connectivity index is -0.0000000166. The monoisotopic (exact) mass is 2210 g/mol. The molecule has 0 amide bonds. The van der Waals surface area contributed by atoms with Gasteiger partial charge < -0.3 is 0 Å². The predicted octanol–water partition coefficient (Wildman–Crippen LogP) is -33.3. The van der Waals surface area contributed by atoms with Gasteiger partial charge in [-0.15, -0.1) is 0 Å². The molecule has 0 bridgehead atoms. The van der Waals surface area contributed by atoms with E-state index in [1.807, 2.05) is 0 Å². The van der Waals surface area contributed by atoms with Crippen LogP contribution in [0.5, 0.6) is 0 Å². The first-order valence-electron chi connectivity index (χ1n) is 7.96. The van der Waals surface area contributed by atoms with Crippen molar-refractivity contribution in [3.8, 4) is 0 Å². The minimum atomic E-state index is -4.08. The summed E-state index contributed by atoms with van der Waals surface area (Å²) in [5.74, 6) is 0. The van der Waals surface area contributed by atoms with Crippen LogP contribution in [0.25, 0.3) is 0 Å². The minimum absolute atomic E-state index is 0. The molecule has 0 aromatic heterocycles. The minimum Gasteiger partial charge on any atom is 5.00 e. The van der Waals surface area contributed by atoms with Crippen molar-refractivity contribution in [2.45, 2.75) is 0 Å². The number of rotatable bonds is 0. The van der Waals surface area contributed by atoms with Crippen molar-refractivity contribution in [2.24, 2.45) is 0 Å². The molecule has 0 N–H and O–H groups in total. The van der Waals surface area contributed by atoms with E-state index in [0.29, 0.717) is 0 Å². The molecule has 0 aromatic rings. The standard InChI is InChI=1S/2Bi.2Nb.39O.2Ta.13Ti/q2*+3;2*+5;;;;;;;;;;;;;;26*-1;2*+5;;;;;;;;;;;;;. The van der Waals surface area contributed by atoms with Crippen LogP contribution in [-0.4, -0.2) is 52.4 Å². The predicted molar refractivity (Wildman–Crippen MR) is 20.4 cm³/mol. The fourth-order valence-electron chi connectivity index (χ4n) is 0. The third-order valence-electron chi connectivity index (χ3n) is 0. The van der Waals surface area contributed by atoms with Crippen LogP contribution in [-0.2, 0) is 375 Å². The Hall–Kier alpha value is 10.4. The van der Waals surface area contributed by atoms with Crippen LogP contribution < -0.4 is 95.9 Å². The Morgan fingerprint density at radius 2 is 0.155 bits per heavy atom. The molecule has 0 aromatic carbocycles. The molecule has 0 saturated heterocycles. The fourth-order valence-corrected chi connectivity index (χ4v) is 0. The summed E-state index contributed by atoms with van der Waals surface area (Å²) in [7, 11) is 0. The number of hydrogen-bond donors (Lipinski definition) is 0. The first kappa shape index (κ1) is 127. The van der Waals surface area contributed by atoms with Crippen LogP contribution in [0.1, 0.15) is 0 Å². The first-order valence-corrected chi connectivity index (χ1v) is 32.8. The molecule has 58 heavy (non-hydrogen) atoms. The van der Waals surface area contributed by atoms with Gasteiger partial charge >= 0.3 is 523 Å². The van der Waals surface area contributed by atoms with Gasteiger partial charge in [0.15, 0.2) is 0 Å². The summed E-state index contributed by atoms with van der Waals surface area (Å²) in [6, 6.07) is 0. The Morgan fingerprint density at radius 3 is 0.155 bits per heavy atom. The van der Waals surface area contributed by atoms with Gasteiger partial charge in [0.05, 0.1) is 0 Å². The normalized spacial score (nSPS) is 5.83. The van der Waals surface area contributed by atoms with E-state index in [2.05, 4.69) is 0 Å². The van der Waals surface area contributed by atoms with E-state index in [0.717, 1.165) is 0 Å². The Kier molecular flexibility index (Phi) is 267. The third kappa shape index (κ3) is 2640. The summed E-state index contributed by atoms with van der Waals surface area (Å²) < 4.78 is 335. The van der Waals surface area contributed by atoms with Crippen LogP contribution in [0.3, 0.4) is 0 Å². The van der Waals surface area contributed by atoms with Crippen LogP contribution in [0.15, 0.2) is 0 Å². The zero-order valence-corrected chi connectivity index (χ0v) is 63.2. The van der Waals surface area contributed by atoms with Crippen molar-refractivity contribution < 1.29 is 471 Å². The quantitative estimate of drug-likeness (QED) is 0.203. The van der Waals surface area contributed by atoms with Gasteiger partial charge in [0.25, 0.3) is 0 Å². The van der Waals surface area contributed by atoms with Gasteiger partial charge in [0.1, 0.15) is 0 Å². The van der Waals surface area contributed by atoms with E-state index in [1.54, 1.807) is 0 Å². The second-order valence-electron chi connectivity index (χ2n) is 3.25. The summed E-state index contributed by atoms with van der Waals surface area (Å²) in [5, 5.41) is 0. The average molecular weight is 2210 g/mol. The molecular formula is Bi2Nb2O39Ta2Ti13. The molecule has 0 aliphatic carbocycles. The molecule has 4 radical (unpaired) electrons. The van der Waals surface area contributed by atoms with Gasteiger partial charge in [-0.05, 0) is 0 Å². The molecule has 0 heterocycles. The van der Waals surface area contributed by atoms with Gasteiger partial charge in [-0.3, -0.25) is 0 Å². The van der Waals surface area contributed by atoms with Gasteiger partial charge in [-0.25, -0.2) is 0 Å². The first-order chi connectivity index (χ1) is 22.5. The van der Waals surface area contributed by atoms with Gasteiger partial charge in [0.2, 0.25) is 0 Å². The maximum absolute atomic E-state index is 8.58. The molecule has 39 nitrogen and oxygen atoms in total. The molecule has 0 saturated carbocycles. The summed E-state index contributed by atoms with van der Waals surface area (Å²) >= 11 is -53.1. The van der Waals surface area contributed by atoms with Crippen LogP contribution in [0.4, 0.5) is 0 Å². The van der Waals surface area contributed by atoms with Crippen molar-refractivity contribution >= 4 is 52.4 Å². The molecule has 0 atom stereocenters. The van der Waals surface area contributed by atoms with Gasteiger partial charge in [-0.1, -0.05) is 0 Å². The SMILES string of the molecule is [Bi+3].[Bi+3].[Nb+5].[Nb+5].[O]=[Ti]([O-])[O-].[O]=[Ti]([O-])[O-].[O]=[Ti]([O-])[O-].[O]=[Ti]([O-])[O-].[O]=[Ti]([O-])[O-].[O]=[Ti]([O-])[O-].[O]=[Ti]([O-])[O-].[O]=[Ti]([O-])[O-].[O]=[Ti]([O-])[O-].[O]=[Ti]([O-])[O-].[O]=[Ti]([O-])[O-].[O]=[Ti]([O-])[O-].[O]=[Ti]([O-])[O-].[Ta+5].[Ta+5]. The van der Waals surface area contributed by atoms with Crippen molar-refractivity contribution in [1.29, 1.82) is 0 Å². The Labute approximate surface area is 510 Å². The third-order valence-corrected chi connectivity index (χ3v) is 0. The smallest absolute Gasteiger partial charge is 5.00 e. The molecule has 0 aliphatic rings. The van der Waals surface area contributed by atoms with Gasteiger partial charge in [-0.2, -0.15) is 0 Å². The van der Waals surface area contributed by atoms with Crippen molar-refractivity contribution in [2.75, 3.05) is 0 Å². The van der Waals surface area contributed by atoms with Crippen LogP contribution in [0.2, 0.25) is 0 Å². The largest absolute Gasteiger partial charge is 5.00 e. The van der Waals surface area contributed by atoms with Crippen molar-refractivity contribution in [1.82, 2.24) is 0 Å². The number of hydrogen-bond acceptors (Lipinski definition) is 39.